The predicted octanol–water partition coefficient (Wildman–Crippen LogP) is 4.18. The van der Waals surface area contributed by atoms with Crippen LogP contribution in [0.4, 0.5) is 0 Å². The van der Waals surface area contributed by atoms with Crippen molar-refractivity contribution in [2.75, 3.05) is 20.3 Å². The number of carbonyl (C=O) groups is 1. The second-order valence-electron chi connectivity index (χ2n) is 7.62. The third-order valence-corrected chi connectivity index (χ3v) is 5.44. The monoisotopic (exact) mass is 396 g/mol. The van der Waals surface area contributed by atoms with Crippen LogP contribution < -0.4 is 0 Å². The zero-order chi connectivity index (χ0) is 20.6. The standard InChI is InChI=1S/C23H40O5/c1-3-28-17-13-9-5-4-6-10-14-19-20(22(25)18-21(19)24)15-11-7-8-12-16-23(26)27-2/h7,10-11,14,19-22,24-25H,3-6,8-9,12-13,15-18H2,1-2H3/t19-,20?,21-,22+/m1/s1. The third kappa shape index (κ3) is 10.4. The molecule has 0 aliphatic heterocycles. The van der Waals surface area contributed by atoms with Gasteiger partial charge in [-0.05, 0) is 51.4 Å². The maximum absolute atomic E-state index is 11.1. The van der Waals surface area contributed by atoms with Crippen LogP contribution in [0.1, 0.15) is 71.1 Å². The van der Waals surface area contributed by atoms with Crippen molar-refractivity contribution in [3.8, 4) is 0 Å². The van der Waals surface area contributed by atoms with Crippen molar-refractivity contribution in [3.05, 3.63) is 24.3 Å². The molecule has 0 spiro atoms. The van der Waals surface area contributed by atoms with Crippen LogP contribution in [-0.4, -0.2) is 48.7 Å². The van der Waals surface area contributed by atoms with E-state index in [2.05, 4.69) is 29.0 Å². The van der Waals surface area contributed by atoms with Gasteiger partial charge >= 0.3 is 5.97 Å². The largest absolute Gasteiger partial charge is 0.469 e. The average Bonchev–Trinajstić information content (AvgIpc) is 2.95. The molecule has 0 heterocycles. The molecule has 1 aliphatic rings. The van der Waals surface area contributed by atoms with Gasteiger partial charge in [-0.2, -0.15) is 0 Å². The van der Waals surface area contributed by atoms with Crippen molar-refractivity contribution in [2.24, 2.45) is 11.8 Å². The zero-order valence-electron chi connectivity index (χ0n) is 17.7. The van der Waals surface area contributed by atoms with Gasteiger partial charge in [0.05, 0.1) is 19.3 Å². The van der Waals surface area contributed by atoms with Crippen LogP contribution >= 0.6 is 0 Å². The Bertz CT molecular complexity index is 460. The van der Waals surface area contributed by atoms with Gasteiger partial charge in [0.15, 0.2) is 0 Å². The van der Waals surface area contributed by atoms with Gasteiger partial charge in [-0.15, -0.1) is 0 Å². The Morgan fingerprint density at radius 2 is 1.75 bits per heavy atom. The van der Waals surface area contributed by atoms with Crippen LogP contribution in [-0.2, 0) is 14.3 Å². The molecule has 5 heteroatoms. The fourth-order valence-electron chi connectivity index (χ4n) is 3.76. The molecular weight excluding hydrogens is 356 g/mol. The molecule has 0 aromatic carbocycles. The summed E-state index contributed by atoms with van der Waals surface area (Å²) in [5.41, 5.74) is 0. The summed E-state index contributed by atoms with van der Waals surface area (Å²) in [5, 5.41) is 20.6. The number of aliphatic hydroxyl groups is 2. The van der Waals surface area contributed by atoms with Crippen molar-refractivity contribution < 1.29 is 24.5 Å². The number of unbranched alkanes of at least 4 members (excludes halogenated alkanes) is 5. The molecule has 28 heavy (non-hydrogen) atoms. The SMILES string of the molecule is CCOCCCCCCC=C[C@@H]1C(CC=CCCCC(=O)OC)[C@@H](O)C[C@H]1O. The van der Waals surface area contributed by atoms with Gasteiger partial charge < -0.3 is 19.7 Å². The van der Waals surface area contributed by atoms with E-state index in [9.17, 15) is 15.0 Å². The predicted molar refractivity (Wildman–Crippen MR) is 112 cm³/mol. The quantitative estimate of drug-likeness (QED) is 0.247. The first kappa shape index (κ1) is 24.9. The van der Waals surface area contributed by atoms with Gasteiger partial charge in [-0.25, -0.2) is 0 Å². The summed E-state index contributed by atoms with van der Waals surface area (Å²) in [6.45, 7) is 3.67. The van der Waals surface area contributed by atoms with Gasteiger partial charge in [-0.3, -0.25) is 4.79 Å². The van der Waals surface area contributed by atoms with Crippen LogP contribution in [0.15, 0.2) is 24.3 Å². The molecule has 1 unspecified atom stereocenters. The molecule has 0 bridgehead atoms. The number of hydrogen-bond acceptors (Lipinski definition) is 5. The lowest BCUT2D eigenvalue weighted by Gasteiger charge is -2.19. The Kier molecular flexibility index (Phi) is 14.0. The Hall–Kier alpha value is -1.17. The van der Waals surface area contributed by atoms with Crippen LogP contribution in [0.5, 0.6) is 0 Å². The maximum Gasteiger partial charge on any atom is 0.305 e. The molecule has 2 N–H and O–H groups in total. The molecule has 0 saturated heterocycles. The number of hydrogen-bond donors (Lipinski definition) is 2. The topological polar surface area (TPSA) is 76.0 Å². The Morgan fingerprint density at radius 3 is 2.50 bits per heavy atom. The number of rotatable bonds is 15. The molecule has 5 nitrogen and oxygen atoms in total. The summed E-state index contributed by atoms with van der Waals surface area (Å²) in [6.07, 6.45) is 16.4. The van der Waals surface area contributed by atoms with Crippen molar-refractivity contribution in [3.63, 3.8) is 0 Å². The number of allylic oxidation sites excluding steroid dienone is 3. The maximum atomic E-state index is 11.1. The van der Waals surface area contributed by atoms with E-state index in [4.69, 9.17) is 4.74 Å². The molecule has 162 valence electrons. The lowest BCUT2D eigenvalue weighted by Crippen LogP contribution is -2.19. The van der Waals surface area contributed by atoms with E-state index in [0.29, 0.717) is 12.8 Å². The molecule has 1 fully saturated rings. The Balaban J connectivity index is 2.27. The molecular formula is C23H40O5. The van der Waals surface area contributed by atoms with E-state index >= 15 is 0 Å². The van der Waals surface area contributed by atoms with Gasteiger partial charge in [0.1, 0.15) is 0 Å². The van der Waals surface area contributed by atoms with Crippen molar-refractivity contribution >= 4 is 5.97 Å². The molecule has 1 aliphatic carbocycles. The second-order valence-corrected chi connectivity index (χ2v) is 7.62. The van der Waals surface area contributed by atoms with Crippen LogP contribution in [0.25, 0.3) is 0 Å². The molecule has 1 saturated carbocycles. The van der Waals surface area contributed by atoms with Crippen LogP contribution in [0, 0.1) is 11.8 Å². The van der Waals surface area contributed by atoms with E-state index in [1.807, 2.05) is 6.92 Å². The first-order valence-electron chi connectivity index (χ1n) is 10.9. The molecule has 0 aromatic heterocycles. The van der Waals surface area contributed by atoms with Gasteiger partial charge in [-0.1, -0.05) is 37.1 Å². The lowest BCUT2D eigenvalue weighted by molar-refractivity contribution is -0.140. The van der Waals surface area contributed by atoms with E-state index in [-0.39, 0.29) is 17.8 Å². The Morgan fingerprint density at radius 1 is 1.00 bits per heavy atom. The van der Waals surface area contributed by atoms with Crippen molar-refractivity contribution in [2.45, 2.75) is 83.3 Å². The highest BCUT2D eigenvalue weighted by Gasteiger charge is 2.39. The minimum atomic E-state index is -0.463. The van der Waals surface area contributed by atoms with E-state index in [1.165, 1.54) is 20.0 Å². The summed E-state index contributed by atoms with van der Waals surface area (Å²) in [7, 11) is 1.40. The van der Waals surface area contributed by atoms with Crippen LogP contribution in [0.3, 0.4) is 0 Å². The minimum absolute atomic E-state index is 0.0210. The molecule has 4 atom stereocenters. The number of methoxy groups -OCH3 is 1. The molecule has 0 amide bonds. The lowest BCUT2D eigenvalue weighted by atomic mass is 9.89. The normalized spacial score (nSPS) is 25.1. The number of aliphatic hydroxyl groups excluding tert-OH is 2. The fraction of sp³-hybridized carbons (Fsp3) is 0.783. The first-order chi connectivity index (χ1) is 13.6. The number of esters is 1. The number of ether oxygens (including phenoxy) is 2. The summed E-state index contributed by atoms with van der Waals surface area (Å²) in [6, 6.07) is 0. The highest BCUT2D eigenvalue weighted by Crippen LogP contribution is 2.36. The molecule has 0 aromatic rings. The summed E-state index contributed by atoms with van der Waals surface area (Å²) >= 11 is 0. The van der Waals surface area contributed by atoms with Crippen molar-refractivity contribution in [1.82, 2.24) is 0 Å². The second kappa shape index (κ2) is 15.7. The minimum Gasteiger partial charge on any atom is -0.469 e. The summed E-state index contributed by atoms with van der Waals surface area (Å²) in [4.78, 5) is 11.1. The zero-order valence-corrected chi connectivity index (χ0v) is 17.7. The van der Waals surface area contributed by atoms with Gasteiger partial charge in [0, 0.05) is 32.0 Å². The smallest absolute Gasteiger partial charge is 0.305 e. The van der Waals surface area contributed by atoms with Crippen molar-refractivity contribution in [1.29, 1.82) is 0 Å². The fourth-order valence-corrected chi connectivity index (χ4v) is 3.76. The van der Waals surface area contributed by atoms with Gasteiger partial charge in [0.25, 0.3) is 0 Å². The van der Waals surface area contributed by atoms with E-state index in [0.717, 1.165) is 51.7 Å². The molecule has 0 radical (unpaired) electrons. The summed E-state index contributed by atoms with van der Waals surface area (Å²) < 4.78 is 9.96. The third-order valence-electron chi connectivity index (χ3n) is 5.44. The summed E-state index contributed by atoms with van der Waals surface area (Å²) in [5.74, 6) is -0.0933. The van der Waals surface area contributed by atoms with Crippen LogP contribution in [0.2, 0.25) is 0 Å². The van der Waals surface area contributed by atoms with E-state index in [1.54, 1.807) is 0 Å². The molecule has 1 rings (SSSR count). The highest BCUT2D eigenvalue weighted by molar-refractivity contribution is 5.69. The number of carbonyl (C=O) groups excluding carboxylic acids is 1. The van der Waals surface area contributed by atoms with E-state index < -0.39 is 12.2 Å². The first-order valence-corrected chi connectivity index (χ1v) is 10.9. The highest BCUT2D eigenvalue weighted by atomic mass is 16.5. The average molecular weight is 397 g/mol. The van der Waals surface area contributed by atoms with Gasteiger partial charge in [0.2, 0.25) is 0 Å². The Labute approximate surface area is 170 Å².